The van der Waals surface area contributed by atoms with Gasteiger partial charge >= 0.3 is 0 Å². The maximum Gasteiger partial charge on any atom is 0.195 e. The molecule has 0 unspecified atom stereocenters. The molecule has 0 spiro atoms. The third-order valence-electron chi connectivity index (χ3n) is 5.10. The number of likely N-dealkylation sites (tertiary alicyclic amines) is 1. The number of rotatable bonds is 7. The molecule has 1 aromatic carbocycles. The third-order valence-corrected chi connectivity index (χ3v) is 5.10. The van der Waals surface area contributed by atoms with Crippen molar-refractivity contribution in [1.29, 1.82) is 0 Å². The van der Waals surface area contributed by atoms with E-state index in [1.54, 1.807) is 6.07 Å². The van der Waals surface area contributed by atoms with Crippen LogP contribution in [0.4, 0.5) is 8.78 Å². The Morgan fingerprint density at radius 3 is 2.67 bits per heavy atom. The zero-order chi connectivity index (χ0) is 19.4. The molecule has 27 heavy (non-hydrogen) atoms. The number of carbonyl (C=O) groups excluding carboxylic acids is 1. The van der Waals surface area contributed by atoms with Crippen LogP contribution in [0.2, 0.25) is 0 Å². The van der Waals surface area contributed by atoms with E-state index in [1.807, 2.05) is 4.90 Å². The van der Waals surface area contributed by atoms with Crippen LogP contribution < -0.4 is 0 Å². The van der Waals surface area contributed by atoms with E-state index < -0.39 is 11.6 Å². The van der Waals surface area contributed by atoms with Gasteiger partial charge in [0.15, 0.2) is 17.4 Å². The molecule has 0 radical (unpaired) electrons. The van der Waals surface area contributed by atoms with Crippen molar-refractivity contribution in [3.63, 3.8) is 0 Å². The summed E-state index contributed by atoms with van der Waals surface area (Å²) in [4.78, 5) is 18.2. The molecule has 1 aliphatic rings. The monoisotopic (exact) mass is 376 g/mol. The van der Waals surface area contributed by atoms with Crippen molar-refractivity contribution < 1.29 is 23.8 Å². The van der Waals surface area contributed by atoms with Crippen LogP contribution in [-0.2, 0) is 6.42 Å². The summed E-state index contributed by atoms with van der Waals surface area (Å²) in [5.41, 5.74) is 0.605. The normalized spacial score (nSPS) is 20.1. The van der Waals surface area contributed by atoms with Gasteiger partial charge in [0, 0.05) is 19.7 Å². The van der Waals surface area contributed by atoms with E-state index >= 15 is 0 Å². The van der Waals surface area contributed by atoms with Crippen LogP contribution in [-0.4, -0.2) is 52.1 Å². The predicted octanol–water partition coefficient (Wildman–Crippen LogP) is 2.42. The largest absolute Gasteiger partial charge is 0.506 e. The lowest BCUT2D eigenvalue weighted by Crippen LogP contribution is -2.28. The number of Topliss-reactive ketones (excluding diaryl/α,β-unsaturated/α-hetero) is 1. The Morgan fingerprint density at radius 1 is 1.19 bits per heavy atom. The van der Waals surface area contributed by atoms with Gasteiger partial charge in [-0.15, -0.1) is 0 Å². The Hall–Kier alpha value is -2.38. The molecule has 7 heteroatoms. The van der Waals surface area contributed by atoms with Crippen LogP contribution >= 0.6 is 0 Å². The molecular formula is C20H22F2N2O3. The Labute approximate surface area is 156 Å². The van der Waals surface area contributed by atoms with Gasteiger partial charge < -0.3 is 10.2 Å². The molecule has 2 heterocycles. The van der Waals surface area contributed by atoms with E-state index in [1.165, 1.54) is 24.4 Å². The van der Waals surface area contributed by atoms with Crippen molar-refractivity contribution in [3.05, 3.63) is 59.4 Å². The number of benzene rings is 1. The second-order valence-corrected chi connectivity index (χ2v) is 6.97. The van der Waals surface area contributed by atoms with Gasteiger partial charge in [0.2, 0.25) is 0 Å². The Kier molecular flexibility index (Phi) is 6.13. The molecule has 5 nitrogen and oxygen atoms in total. The second kappa shape index (κ2) is 8.54. The zero-order valence-electron chi connectivity index (χ0n) is 14.8. The molecule has 1 aliphatic heterocycles. The minimum Gasteiger partial charge on any atom is -0.506 e. The molecule has 2 atom stereocenters. The van der Waals surface area contributed by atoms with Crippen molar-refractivity contribution in [3.8, 4) is 5.75 Å². The van der Waals surface area contributed by atoms with Crippen molar-refractivity contribution in [2.75, 3.05) is 26.2 Å². The molecule has 3 rings (SSSR count). The molecule has 0 aliphatic carbocycles. The Balaban J connectivity index is 1.58. The average molecular weight is 376 g/mol. The molecule has 2 N–H and O–H groups in total. The fraction of sp³-hybridized carbons (Fsp3) is 0.400. The molecule has 0 saturated carbocycles. The average Bonchev–Trinajstić information content (AvgIpc) is 3.05. The van der Waals surface area contributed by atoms with Crippen LogP contribution in [0, 0.1) is 23.5 Å². The second-order valence-electron chi connectivity index (χ2n) is 6.97. The van der Waals surface area contributed by atoms with Crippen LogP contribution in [0.25, 0.3) is 0 Å². The SMILES string of the molecule is O=C(CN1C[C@@H](CCc2cccc(F)c2F)[C@@H](CO)C1)c1ccc(O)cn1. The molecule has 1 fully saturated rings. The van der Waals surface area contributed by atoms with Gasteiger partial charge in [0.25, 0.3) is 0 Å². The van der Waals surface area contributed by atoms with Crippen molar-refractivity contribution in [1.82, 2.24) is 9.88 Å². The highest BCUT2D eigenvalue weighted by Gasteiger charge is 2.33. The van der Waals surface area contributed by atoms with Gasteiger partial charge in [0.05, 0.1) is 12.7 Å². The fourth-order valence-electron chi connectivity index (χ4n) is 3.62. The Bertz CT molecular complexity index is 798. The first kappa shape index (κ1) is 19.4. The highest BCUT2D eigenvalue weighted by Crippen LogP contribution is 2.28. The first-order chi connectivity index (χ1) is 13.0. The lowest BCUT2D eigenvalue weighted by atomic mass is 9.90. The quantitative estimate of drug-likeness (QED) is 0.726. The molecule has 144 valence electrons. The van der Waals surface area contributed by atoms with Gasteiger partial charge in [0.1, 0.15) is 11.4 Å². The molecular weight excluding hydrogens is 354 g/mol. The maximum atomic E-state index is 13.8. The first-order valence-electron chi connectivity index (χ1n) is 8.92. The number of carbonyl (C=O) groups is 1. The lowest BCUT2D eigenvalue weighted by Gasteiger charge is -2.16. The fourth-order valence-corrected chi connectivity index (χ4v) is 3.62. The summed E-state index contributed by atoms with van der Waals surface area (Å²) in [6.07, 6.45) is 2.21. The molecule has 0 bridgehead atoms. The number of ketones is 1. The molecule has 1 aromatic heterocycles. The minimum atomic E-state index is -0.855. The van der Waals surface area contributed by atoms with Crippen LogP contribution in [0.5, 0.6) is 5.75 Å². The summed E-state index contributed by atoms with van der Waals surface area (Å²) in [6, 6.07) is 7.04. The highest BCUT2D eigenvalue weighted by molar-refractivity contribution is 5.95. The van der Waals surface area contributed by atoms with E-state index in [0.29, 0.717) is 31.5 Å². The summed E-state index contributed by atoms with van der Waals surface area (Å²) in [6.45, 7) is 1.32. The maximum absolute atomic E-state index is 13.8. The number of hydrogen-bond donors (Lipinski definition) is 2. The molecule has 0 amide bonds. The van der Waals surface area contributed by atoms with E-state index in [9.17, 15) is 23.8 Å². The van der Waals surface area contributed by atoms with Gasteiger partial charge in [-0.3, -0.25) is 9.69 Å². The number of aromatic hydroxyl groups is 1. The number of halogens is 2. The van der Waals surface area contributed by atoms with Crippen LogP contribution in [0.3, 0.4) is 0 Å². The number of aliphatic hydroxyl groups excluding tert-OH is 1. The number of hydrogen-bond acceptors (Lipinski definition) is 5. The standard InChI is InChI=1S/C20H22F2N2O3/c21-17-3-1-2-13(20(17)22)4-5-14-9-24(10-15(14)12-25)11-19(27)18-7-6-16(26)8-23-18/h1-3,6-8,14-15,25-26H,4-5,9-12H2/t14-,15-/m1/s1. The van der Waals surface area contributed by atoms with Crippen molar-refractivity contribution in [2.45, 2.75) is 12.8 Å². The summed E-state index contributed by atoms with van der Waals surface area (Å²) >= 11 is 0. The van der Waals surface area contributed by atoms with Gasteiger partial charge in [-0.1, -0.05) is 12.1 Å². The van der Waals surface area contributed by atoms with E-state index in [0.717, 1.165) is 6.07 Å². The minimum absolute atomic E-state index is 0.00212. The summed E-state index contributed by atoms with van der Waals surface area (Å²) in [5, 5.41) is 18.9. The summed E-state index contributed by atoms with van der Waals surface area (Å²) in [5.74, 6) is -1.76. The number of aromatic nitrogens is 1. The van der Waals surface area contributed by atoms with Crippen molar-refractivity contribution in [2.24, 2.45) is 11.8 Å². The summed E-state index contributed by atoms with van der Waals surface area (Å²) in [7, 11) is 0. The van der Waals surface area contributed by atoms with Gasteiger partial charge in [-0.25, -0.2) is 13.8 Å². The van der Waals surface area contributed by atoms with Crippen LogP contribution in [0.1, 0.15) is 22.5 Å². The lowest BCUT2D eigenvalue weighted by molar-refractivity contribution is 0.0935. The number of nitrogens with zero attached hydrogens (tertiary/aromatic N) is 2. The molecule has 2 aromatic rings. The predicted molar refractivity (Wildman–Crippen MR) is 95.4 cm³/mol. The highest BCUT2D eigenvalue weighted by atomic mass is 19.2. The van der Waals surface area contributed by atoms with Gasteiger partial charge in [-0.05, 0) is 48.4 Å². The van der Waals surface area contributed by atoms with Crippen molar-refractivity contribution >= 4 is 5.78 Å². The number of aryl methyl sites for hydroxylation is 1. The summed E-state index contributed by atoms with van der Waals surface area (Å²) < 4.78 is 27.1. The first-order valence-corrected chi connectivity index (χ1v) is 8.92. The smallest absolute Gasteiger partial charge is 0.195 e. The third kappa shape index (κ3) is 4.67. The van der Waals surface area contributed by atoms with E-state index in [-0.39, 0.29) is 42.2 Å². The van der Waals surface area contributed by atoms with Crippen LogP contribution in [0.15, 0.2) is 36.5 Å². The molecule has 1 saturated heterocycles. The topological polar surface area (TPSA) is 73.7 Å². The van der Waals surface area contributed by atoms with Gasteiger partial charge in [-0.2, -0.15) is 0 Å². The Morgan fingerprint density at radius 2 is 1.96 bits per heavy atom. The number of pyridine rings is 1. The zero-order valence-corrected chi connectivity index (χ0v) is 14.8. The van der Waals surface area contributed by atoms with E-state index in [4.69, 9.17) is 0 Å². The van der Waals surface area contributed by atoms with E-state index in [2.05, 4.69) is 4.98 Å². The number of aliphatic hydroxyl groups is 1.